The Bertz CT molecular complexity index is 753. The van der Waals surface area contributed by atoms with E-state index in [-0.39, 0.29) is 12.0 Å². The van der Waals surface area contributed by atoms with E-state index in [4.69, 9.17) is 18.7 Å². The SMILES string of the molecule is COc1cccc(C(=O)N2CCC(OCc3nc(C)no3)CC2)c1OC. The molecule has 8 heteroatoms. The molecule has 0 N–H and O–H groups in total. The third-order valence-corrected chi connectivity index (χ3v) is 4.37. The lowest BCUT2D eigenvalue weighted by atomic mass is 10.1. The van der Waals surface area contributed by atoms with Crippen LogP contribution in [0.2, 0.25) is 0 Å². The number of piperidine rings is 1. The lowest BCUT2D eigenvalue weighted by molar-refractivity contribution is -0.00983. The van der Waals surface area contributed by atoms with E-state index in [1.54, 1.807) is 32.2 Å². The maximum Gasteiger partial charge on any atom is 0.257 e. The Kier molecular flexibility index (Phi) is 5.72. The molecule has 0 unspecified atom stereocenters. The Hall–Kier alpha value is -2.61. The van der Waals surface area contributed by atoms with Crippen molar-refractivity contribution >= 4 is 5.91 Å². The van der Waals surface area contributed by atoms with Crippen molar-refractivity contribution < 1.29 is 23.5 Å². The summed E-state index contributed by atoms with van der Waals surface area (Å²) < 4.78 is 21.5. The van der Waals surface area contributed by atoms with E-state index in [2.05, 4.69) is 10.1 Å². The molecule has 0 bridgehead atoms. The molecule has 3 rings (SSSR count). The maximum absolute atomic E-state index is 12.9. The van der Waals surface area contributed by atoms with Gasteiger partial charge in [-0.15, -0.1) is 0 Å². The minimum atomic E-state index is -0.0632. The van der Waals surface area contributed by atoms with Crippen LogP contribution in [0, 0.1) is 6.92 Å². The molecule has 1 aliphatic rings. The fraction of sp³-hybridized carbons (Fsp3) is 0.500. The topological polar surface area (TPSA) is 86.9 Å². The van der Waals surface area contributed by atoms with Crippen LogP contribution < -0.4 is 9.47 Å². The number of hydrogen-bond donors (Lipinski definition) is 0. The van der Waals surface area contributed by atoms with E-state index in [9.17, 15) is 4.79 Å². The molecular formula is C18H23N3O5. The van der Waals surface area contributed by atoms with Gasteiger partial charge >= 0.3 is 0 Å². The zero-order chi connectivity index (χ0) is 18.5. The fourth-order valence-electron chi connectivity index (χ4n) is 3.04. The number of aromatic nitrogens is 2. The number of amides is 1. The summed E-state index contributed by atoms with van der Waals surface area (Å²) >= 11 is 0. The first-order chi connectivity index (χ1) is 12.6. The molecule has 2 heterocycles. The summed E-state index contributed by atoms with van der Waals surface area (Å²) in [5.74, 6) is 2.02. The second-order valence-corrected chi connectivity index (χ2v) is 6.08. The zero-order valence-electron chi connectivity index (χ0n) is 15.2. The second-order valence-electron chi connectivity index (χ2n) is 6.08. The van der Waals surface area contributed by atoms with Gasteiger partial charge in [-0.25, -0.2) is 0 Å². The van der Waals surface area contributed by atoms with Gasteiger partial charge in [-0.3, -0.25) is 4.79 Å². The Balaban J connectivity index is 1.57. The number of para-hydroxylation sites is 1. The summed E-state index contributed by atoms with van der Waals surface area (Å²) in [6, 6.07) is 5.32. The standard InChI is InChI=1S/C18H23N3O5/c1-12-19-16(26-20-12)11-25-13-7-9-21(10-8-13)18(22)14-5-4-6-15(23-2)17(14)24-3/h4-6,13H,7-11H2,1-3H3. The Morgan fingerprint density at radius 2 is 2.04 bits per heavy atom. The molecule has 0 saturated carbocycles. The van der Waals surface area contributed by atoms with Crippen LogP contribution in [0.1, 0.15) is 34.9 Å². The van der Waals surface area contributed by atoms with Crippen LogP contribution in [0.4, 0.5) is 0 Å². The molecule has 1 saturated heterocycles. The highest BCUT2D eigenvalue weighted by atomic mass is 16.5. The number of carbonyl (C=O) groups is 1. The van der Waals surface area contributed by atoms with Crippen molar-refractivity contribution in [2.24, 2.45) is 0 Å². The fourth-order valence-corrected chi connectivity index (χ4v) is 3.04. The average Bonchev–Trinajstić information content (AvgIpc) is 3.10. The summed E-state index contributed by atoms with van der Waals surface area (Å²) in [5.41, 5.74) is 0.507. The average molecular weight is 361 g/mol. The first-order valence-corrected chi connectivity index (χ1v) is 8.53. The second kappa shape index (κ2) is 8.18. The Morgan fingerprint density at radius 3 is 2.65 bits per heavy atom. The van der Waals surface area contributed by atoms with Crippen LogP contribution in [0.3, 0.4) is 0 Å². The van der Waals surface area contributed by atoms with Crippen LogP contribution >= 0.6 is 0 Å². The third kappa shape index (κ3) is 3.96. The number of nitrogens with zero attached hydrogens (tertiary/aromatic N) is 3. The summed E-state index contributed by atoms with van der Waals surface area (Å²) in [6.07, 6.45) is 1.58. The number of rotatable bonds is 6. The van der Waals surface area contributed by atoms with Crippen molar-refractivity contribution in [3.63, 3.8) is 0 Å². The number of likely N-dealkylation sites (tertiary alicyclic amines) is 1. The van der Waals surface area contributed by atoms with Crippen LogP contribution in [-0.2, 0) is 11.3 Å². The molecule has 1 fully saturated rings. The minimum Gasteiger partial charge on any atom is -0.493 e. The van der Waals surface area contributed by atoms with E-state index in [1.165, 1.54) is 7.11 Å². The highest BCUT2D eigenvalue weighted by Crippen LogP contribution is 2.32. The van der Waals surface area contributed by atoms with E-state index in [0.717, 1.165) is 12.8 Å². The summed E-state index contributed by atoms with van der Waals surface area (Å²) in [6.45, 7) is 3.30. The first-order valence-electron chi connectivity index (χ1n) is 8.53. The van der Waals surface area contributed by atoms with Crippen molar-refractivity contribution in [1.82, 2.24) is 15.0 Å². The lowest BCUT2D eigenvalue weighted by Gasteiger charge is -2.32. The van der Waals surface area contributed by atoms with Gasteiger partial charge in [-0.05, 0) is 31.9 Å². The predicted molar refractivity (Wildman–Crippen MR) is 92.3 cm³/mol. The monoisotopic (exact) mass is 361 g/mol. The van der Waals surface area contributed by atoms with Crippen molar-refractivity contribution in [3.05, 3.63) is 35.5 Å². The first kappa shape index (κ1) is 18.2. The van der Waals surface area contributed by atoms with Crippen LogP contribution in [-0.4, -0.2) is 54.4 Å². The van der Waals surface area contributed by atoms with Crippen molar-refractivity contribution in [1.29, 1.82) is 0 Å². The van der Waals surface area contributed by atoms with Gasteiger partial charge in [-0.1, -0.05) is 11.2 Å². The van der Waals surface area contributed by atoms with Gasteiger partial charge in [0, 0.05) is 13.1 Å². The van der Waals surface area contributed by atoms with E-state index < -0.39 is 0 Å². The van der Waals surface area contributed by atoms with Gasteiger partial charge < -0.3 is 23.6 Å². The predicted octanol–water partition coefficient (Wildman–Crippen LogP) is 2.22. The molecule has 1 amide bonds. The number of ether oxygens (including phenoxy) is 3. The molecule has 0 aliphatic carbocycles. The smallest absolute Gasteiger partial charge is 0.257 e. The van der Waals surface area contributed by atoms with Crippen LogP contribution in [0.15, 0.2) is 22.7 Å². The van der Waals surface area contributed by atoms with Gasteiger partial charge in [0.2, 0.25) is 0 Å². The number of benzene rings is 1. The van der Waals surface area contributed by atoms with Gasteiger partial charge in [-0.2, -0.15) is 4.98 Å². The quantitative estimate of drug-likeness (QED) is 0.779. The molecule has 2 aromatic rings. The van der Waals surface area contributed by atoms with E-state index in [1.807, 2.05) is 4.90 Å². The third-order valence-electron chi connectivity index (χ3n) is 4.37. The Morgan fingerprint density at radius 1 is 1.27 bits per heavy atom. The molecule has 1 aromatic carbocycles. The van der Waals surface area contributed by atoms with Crippen LogP contribution in [0.5, 0.6) is 11.5 Å². The minimum absolute atomic E-state index is 0.0632. The van der Waals surface area contributed by atoms with Gasteiger partial charge in [0.25, 0.3) is 11.8 Å². The molecule has 1 aliphatic heterocycles. The number of carbonyl (C=O) groups excluding carboxylic acids is 1. The summed E-state index contributed by atoms with van der Waals surface area (Å²) in [4.78, 5) is 18.8. The highest BCUT2D eigenvalue weighted by Gasteiger charge is 2.27. The molecule has 26 heavy (non-hydrogen) atoms. The van der Waals surface area contributed by atoms with Crippen molar-refractivity contribution in [2.75, 3.05) is 27.3 Å². The van der Waals surface area contributed by atoms with Crippen LogP contribution in [0.25, 0.3) is 0 Å². The summed E-state index contributed by atoms with van der Waals surface area (Å²) in [7, 11) is 3.09. The largest absolute Gasteiger partial charge is 0.493 e. The van der Waals surface area contributed by atoms with Gasteiger partial charge in [0.05, 0.1) is 25.9 Å². The summed E-state index contributed by atoms with van der Waals surface area (Å²) in [5, 5.41) is 3.74. The molecular weight excluding hydrogens is 338 g/mol. The van der Waals surface area contributed by atoms with E-state index >= 15 is 0 Å². The molecule has 140 valence electrons. The number of aryl methyl sites for hydroxylation is 1. The normalized spacial score (nSPS) is 15.1. The van der Waals surface area contributed by atoms with Crippen molar-refractivity contribution in [3.8, 4) is 11.5 Å². The van der Waals surface area contributed by atoms with Gasteiger partial charge in [0.1, 0.15) is 6.61 Å². The van der Waals surface area contributed by atoms with Gasteiger partial charge in [0.15, 0.2) is 17.3 Å². The molecule has 0 radical (unpaired) electrons. The Labute approximate surface area is 152 Å². The molecule has 8 nitrogen and oxygen atoms in total. The zero-order valence-corrected chi connectivity index (χ0v) is 15.2. The molecule has 0 spiro atoms. The number of methoxy groups -OCH3 is 2. The molecule has 1 aromatic heterocycles. The van der Waals surface area contributed by atoms with Crippen molar-refractivity contribution in [2.45, 2.75) is 32.5 Å². The lowest BCUT2D eigenvalue weighted by Crippen LogP contribution is -2.41. The van der Waals surface area contributed by atoms with E-state index in [0.29, 0.717) is 48.5 Å². The maximum atomic E-state index is 12.9. The molecule has 0 atom stereocenters. The number of hydrogen-bond acceptors (Lipinski definition) is 7. The highest BCUT2D eigenvalue weighted by molar-refractivity contribution is 5.97.